The lowest BCUT2D eigenvalue weighted by atomic mass is 10.2. The van der Waals surface area contributed by atoms with Crippen LogP contribution in [0.5, 0.6) is 0 Å². The van der Waals surface area contributed by atoms with E-state index in [4.69, 9.17) is 23.2 Å². The Bertz CT molecular complexity index is 786. The Hall–Kier alpha value is -1.43. The number of hydrogen-bond donors (Lipinski definition) is 2. The van der Waals surface area contributed by atoms with Crippen molar-refractivity contribution in [1.29, 1.82) is 0 Å². The molecule has 110 valence electrons. The normalized spacial score (nSPS) is 13.6. The molecular formula is C14H12Cl2N2O2S. The van der Waals surface area contributed by atoms with E-state index in [1.54, 1.807) is 18.2 Å². The highest BCUT2D eigenvalue weighted by molar-refractivity contribution is 7.92. The Balaban J connectivity index is 1.93. The molecule has 0 fully saturated rings. The smallest absolute Gasteiger partial charge is 0.261 e. The van der Waals surface area contributed by atoms with E-state index in [0.29, 0.717) is 15.7 Å². The van der Waals surface area contributed by atoms with E-state index in [2.05, 4.69) is 10.0 Å². The number of benzene rings is 2. The molecule has 2 aromatic rings. The second-order valence-corrected chi connectivity index (χ2v) is 7.31. The van der Waals surface area contributed by atoms with Gasteiger partial charge in [0.05, 0.1) is 10.6 Å². The Morgan fingerprint density at radius 2 is 1.76 bits per heavy atom. The van der Waals surface area contributed by atoms with Gasteiger partial charge in [0, 0.05) is 22.3 Å². The van der Waals surface area contributed by atoms with Crippen molar-refractivity contribution in [3.05, 3.63) is 52.0 Å². The molecule has 4 nitrogen and oxygen atoms in total. The molecule has 0 spiro atoms. The zero-order valence-electron chi connectivity index (χ0n) is 10.9. The van der Waals surface area contributed by atoms with Crippen molar-refractivity contribution in [2.24, 2.45) is 0 Å². The highest BCUT2D eigenvalue weighted by Gasteiger charge is 2.18. The molecule has 1 aliphatic heterocycles. The van der Waals surface area contributed by atoms with Gasteiger partial charge in [0.15, 0.2) is 0 Å². The van der Waals surface area contributed by atoms with Gasteiger partial charge >= 0.3 is 0 Å². The molecule has 0 atom stereocenters. The third-order valence-electron chi connectivity index (χ3n) is 3.22. The van der Waals surface area contributed by atoms with Gasteiger partial charge in [-0.05, 0) is 42.3 Å². The number of nitrogens with one attached hydrogen (secondary N) is 2. The first kappa shape index (κ1) is 14.5. The monoisotopic (exact) mass is 342 g/mol. The highest BCUT2D eigenvalue weighted by atomic mass is 35.5. The second kappa shape index (κ2) is 5.40. The lowest BCUT2D eigenvalue weighted by Crippen LogP contribution is -2.13. The first-order valence-electron chi connectivity index (χ1n) is 6.30. The first-order chi connectivity index (χ1) is 9.94. The van der Waals surface area contributed by atoms with Crippen LogP contribution in [0.4, 0.5) is 11.4 Å². The molecule has 2 aromatic carbocycles. The second-order valence-electron chi connectivity index (χ2n) is 4.76. The average Bonchev–Trinajstić information content (AvgIpc) is 2.83. The van der Waals surface area contributed by atoms with Gasteiger partial charge in [-0.1, -0.05) is 29.3 Å². The van der Waals surface area contributed by atoms with Crippen LogP contribution >= 0.6 is 23.2 Å². The van der Waals surface area contributed by atoms with Crippen LogP contribution in [0.15, 0.2) is 41.3 Å². The van der Waals surface area contributed by atoms with Crippen molar-refractivity contribution < 1.29 is 8.42 Å². The lowest BCUT2D eigenvalue weighted by Gasteiger charge is -2.10. The van der Waals surface area contributed by atoms with Gasteiger partial charge in [-0.2, -0.15) is 0 Å². The summed E-state index contributed by atoms with van der Waals surface area (Å²) >= 11 is 11.7. The van der Waals surface area contributed by atoms with Crippen LogP contribution in [0, 0.1) is 0 Å². The molecule has 0 amide bonds. The Kier molecular flexibility index (Phi) is 3.73. The predicted octanol–water partition coefficient (Wildman–Crippen LogP) is 3.76. The van der Waals surface area contributed by atoms with E-state index in [9.17, 15) is 8.42 Å². The molecule has 0 bridgehead atoms. The number of halogens is 2. The quantitative estimate of drug-likeness (QED) is 0.892. The van der Waals surface area contributed by atoms with Gasteiger partial charge in [-0.3, -0.25) is 4.72 Å². The molecule has 0 saturated heterocycles. The third kappa shape index (κ3) is 3.10. The maximum absolute atomic E-state index is 12.4. The van der Waals surface area contributed by atoms with E-state index in [-0.39, 0.29) is 4.90 Å². The van der Waals surface area contributed by atoms with Gasteiger partial charge in [0.25, 0.3) is 10.0 Å². The molecule has 3 rings (SSSR count). The number of rotatable bonds is 3. The molecule has 7 heteroatoms. The molecule has 0 aromatic heterocycles. The van der Waals surface area contributed by atoms with Crippen molar-refractivity contribution in [2.75, 3.05) is 16.6 Å². The average molecular weight is 343 g/mol. The molecule has 1 aliphatic rings. The number of anilines is 2. The molecule has 1 heterocycles. The first-order valence-corrected chi connectivity index (χ1v) is 8.54. The van der Waals surface area contributed by atoms with E-state index in [1.165, 1.54) is 12.1 Å². The SMILES string of the molecule is O=S(=O)(Nc1cc(Cl)cc(Cl)c1)c1ccc2c(c1)NCC2. The summed E-state index contributed by atoms with van der Waals surface area (Å²) in [4.78, 5) is 0.201. The van der Waals surface area contributed by atoms with Crippen LogP contribution in [-0.2, 0) is 16.4 Å². The van der Waals surface area contributed by atoms with Crippen LogP contribution < -0.4 is 10.0 Å². The summed E-state index contributed by atoms with van der Waals surface area (Å²) in [5.74, 6) is 0. The summed E-state index contributed by atoms with van der Waals surface area (Å²) in [6.45, 7) is 0.830. The predicted molar refractivity (Wildman–Crippen MR) is 85.9 cm³/mol. The summed E-state index contributed by atoms with van der Waals surface area (Å²) in [7, 11) is -3.68. The molecule has 0 radical (unpaired) electrons. The fourth-order valence-electron chi connectivity index (χ4n) is 2.26. The summed E-state index contributed by atoms with van der Waals surface area (Å²) in [6, 6.07) is 9.62. The van der Waals surface area contributed by atoms with Crippen LogP contribution in [0.2, 0.25) is 10.0 Å². The Morgan fingerprint density at radius 3 is 2.48 bits per heavy atom. The topological polar surface area (TPSA) is 58.2 Å². The van der Waals surface area contributed by atoms with Crippen LogP contribution in [0.3, 0.4) is 0 Å². The van der Waals surface area contributed by atoms with Crippen molar-refractivity contribution >= 4 is 44.6 Å². The largest absolute Gasteiger partial charge is 0.384 e. The van der Waals surface area contributed by atoms with E-state index >= 15 is 0 Å². The van der Waals surface area contributed by atoms with Gasteiger partial charge in [0.1, 0.15) is 0 Å². The Labute approximate surface area is 133 Å². The van der Waals surface area contributed by atoms with Gasteiger partial charge in [-0.25, -0.2) is 8.42 Å². The minimum atomic E-state index is -3.68. The van der Waals surface area contributed by atoms with E-state index in [1.807, 2.05) is 6.07 Å². The van der Waals surface area contributed by atoms with Crippen molar-refractivity contribution in [3.8, 4) is 0 Å². The minimum absolute atomic E-state index is 0.201. The molecule has 0 aliphatic carbocycles. The van der Waals surface area contributed by atoms with Gasteiger partial charge in [0.2, 0.25) is 0 Å². The molecule has 0 saturated carbocycles. The van der Waals surface area contributed by atoms with Crippen LogP contribution in [0.1, 0.15) is 5.56 Å². The van der Waals surface area contributed by atoms with Crippen LogP contribution in [-0.4, -0.2) is 15.0 Å². The zero-order chi connectivity index (χ0) is 15.0. The summed E-state index contributed by atoms with van der Waals surface area (Å²) in [6.07, 6.45) is 0.910. The standard InChI is InChI=1S/C14H12Cl2N2O2S/c15-10-5-11(16)7-12(6-10)18-21(19,20)13-2-1-9-3-4-17-14(9)8-13/h1-2,5-8,17-18H,3-4H2. The van der Waals surface area contributed by atoms with Crippen LogP contribution in [0.25, 0.3) is 0 Å². The van der Waals surface area contributed by atoms with Gasteiger partial charge < -0.3 is 5.32 Å². The minimum Gasteiger partial charge on any atom is -0.384 e. The fraction of sp³-hybridized carbons (Fsp3) is 0.143. The molecular weight excluding hydrogens is 331 g/mol. The van der Waals surface area contributed by atoms with Crippen molar-refractivity contribution in [1.82, 2.24) is 0 Å². The van der Waals surface area contributed by atoms with Crippen molar-refractivity contribution in [3.63, 3.8) is 0 Å². The Morgan fingerprint density at radius 1 is 1.05 bits per heavy atom. The lowest BCUT2D eigenvalue weighted by molar-refractivity contribution is 0.601. The molecule has 21 heavy (non-hydrogen) atoms. The number of fused-ring (bicyclic) bond motifs is 1. The van der Waals surface area contributed by atoms with Gasteiger partial charge in [-0.15, -0.1) is 0 Å². The number of hydrogen-bond acceptors (Lipinski definition) is 3. The summed E-state index contributed by atoms with van der Waals surface area (Å²) < 4.78 is 27.3. The molecule has 0 unspecified atom stereocenters. The highest BCUT2D eigenvalue weighted by Crippen LogP contribution is 2.28. The fourth-order valence-corrected chi connectivity index (χ4v) is 3.86. The van der Waals surface area contributed by atoms with E-state index < -0.39 is 10.0 Å². The van der Waals surface area contributed by atoms with E-state index in [0.717, 1.165) is 24.2 Å². The van der Waals surface area contributed by atoms with Crippen molar-refractivity contribution in [2.45, 2.75) is 11.3 Å². The number of sulfonamides is 1. The third-order valence-corrected chi connectivity index (χ3v) is 5.03. The molecule has 2 N–H and O–H groups in total. The maximum atomic E-state index is 12.4. The zero-order valence-corrected chi connectivity index (χ0v) is 13.2. The summed E-state index contributed by atoms with van der Waals surface area (Å²) in [5, 5.41) is 3.90. The maximum Gasteiger partial charge on any atom is 0.261 e. The summed E-state index contributed by atoms with van der Waals surface area (Å²) in [5.41, 5.74) is 2.32.